The smallest absolute Gasteiger partial charge is 0.165 e. The van der Waals surface area contributed by atoms with E-state index in [0.717, 1.165) is 18.2 Å². The highest BCUT2D eigenvalue weighted by atomic mass is 35.5. The van der Waals surface area contributed by atoms with E-state index in [1.54, 1.807) is 18.2 Å². The fraction of sp³-hybridized carbons (Fsp3) is 0.143. The van der Waals surface area contributed by atoms with Crippen molar-refractivity contribution in [2.75, 3.05) is 6.54 Å². The van der Waals surface area contributed by atoms with Crippen molar-refractivity contribution in [3.8, 4) is 11.5 Å². The van der Waals surface area contributed by atoms with Crippen LogP contribution in [0.2, 0.25) is 5.02 Å². The van der Waals surface area contributed by atoms with E-state index in [9.17, 15) is 8.78 Å². The molecule has 0 bridgehead atoms. The molecule has 0 aliphatic heterocycles. The van der Waals surface area contributed by atoms with Gasteiger partial charge < -0.3 is 10.5 Å². The number of nitrogens with two attached hydrogens (primary N) is 1. The van der Waals surface area contributed by atoms with Crippen LogP contribution >= 0.6 is 11.6 Å². The molecule has 100 valence electrons. The lowest BCUT2D eigenvalue weighted by molar-refractivity contribution is 0.432. The lowest BCUT2D eigenvalue weighted by Crippen LogP contribution is -2.05. The lowest BCUT2D eigenvalue weighted by Gasteiger charge is -2.12. The maximum absolute atomic E-state index is 13.5. The van der Waals surface area contributed by atoms with Crippen LogP contribution in [0.3, 0.4) is 0 Å². The molecular formula is C14H12ClF2NO. The standard InChI is InChI=1S/C14H12ClF2NO/c15-11-2-1-3-13(10(11)6-7-18)19-14-8-9(16)4-5-12(14)17/h1-5,8H,6-7,18H2. The van der Waals surface area contributed by atoms with Gasteiger partial charge in [0.25, 0.3) is 0 Å². The van der Waals surface area contributed by atoms with Gasteiger partial charge in [-0.3, -0.25) is 0 Å². The molecule has 5 heteroatoms. The number of benzene rings is 2. The minimum absolute atomic E-state index is 0.180. The monoisotopic (exact) mass is 283 g/mol. The summed E-state index contributed by atoms with van der Waals surface area (Å²) < 4.78 is 32.0. The second-order valence-electron chi connectivity index (χ2n) is 3.93. The summed E-state index contributed by atoms with van der Waals surface area (Å²) in [5, 5.41) is 0.486. The number of rotatable bonds is 4. The topological polar surface area (TPSA) is 35.2 Å². The summed E-state index contributed by atoms with van der Waals surface area (Å²) in [7, 11) is 0. The van der Waals surface area contributed by atoms with Crippen LogP contribution < -0.4 is 10.5 Å². The quantitative estimate of drug-likeness (QED) is 0.923. The predicted octanol–water partition coefficient (Wildman–Crippen LogP) is 3.91. The third-order valence-corrected chi connectivity index (χ3v) is 2.94. The molecular weight excluding hydrogens is 272 g/mol. The molecule has 2 N–H and O–H groups in total. The van der Waals surface area contributed by atoms with Crippen molar-refractivity contribution in [3.63, 3.8) is 0 Å². The van der Waals surface area contributed by atoms with E-state index in [1.165, 1.54) is 0 Å². The molecule has 0 heterocycles. The first kappa shape index (κ1) is 13.8. The van der Waals surface area contributed by atoms with Crippen molar-refractivity contribution >= 4 is 11.6 Å². The Morgan fingerprint density at radius 2 is 1.89 bits per heavy atom. The normalized spacial score (nSPS) is 10.5. The maximum Gasteiger partial charge on any atom is 0.165 e. The molecule has 0 aliphatic carbocycles. The minimum Gasteiger partial charge on any atom is -0.454 e. The van der Waals surface area contributed by atoms with Gasteiger partial charge in [-0.25, -0.2) is 8.78 Å². The Kier molecular flexibility index (Phi) is 4.35. The fourth-order valence-corrected chi connectivity index (χ4v) is 1.96. The summed E-state index contributed by atoms with van der Waals surface area (Å²) in [6.45, 7) is 0.381. The first-order valence-electron chi connectivity index (χ1n) is 5.72. The van der Waals surface area contributed by atoms with Gasteiger partial charge in [0.1, 0.15) is 11.6 Å². The van der Waals surface area contributed by atoms with Crippen LogP contribution in [0.15, 0.2) is 36.4 Å². The molecule has 0 atom stereocenters. The first-order chi connectivity index (χ1) is 9.11. The second-order valence-corrected chi connectivity index (χ2v) is 4.34. The molecule has 0 fully saturated rings. The van der Waals surface area contributed by atoms with Crippen molar-refractivity contribution in [3.05, 3.63) is 58.6 Å². The third kappa shape index (κ3) is 3.22. The van der Waals surface area contributed by atoms with E-state index < -0.39 is 11.6 Å². The Morgan fingerprint density at radius 3 is 2.63 bits per heavy atom. The van der Waals surface area contributed by atoms with Crippen molar-refractivity contribution < 1.29 is 13.5 Å². The zero-order valence-electron chi connectivity index (χ0n) is 10.00. The average molecular weight is 284 g/mol. The van der Waals surface area contributed by atoms with Crippen LogP contribution in [0.4, 0.5) is 8.78 Å². The van der Waals surface area contributed by atoms with E-state index in [1.807, 2.05) is 0 Å². The fourth-order valence-electron chi connectivity index (χ4n) is 1.70. The van der Waals surface area contributed by atoms with E-state index in [0.29, 0.717) is 29.3 Å². The zero-order valence-corrected chi connectivity index (χ0v) is 10.8. The van der Waals surface area contributed by atoms with Crippen LogP contribution in [0.25, 0.3) is 0 Å². The van der Waals surface area contributed by atoms with Gasteiger partial charge in [-0.2, -0.15) is 0 Å². The van der Waals surface area contributed by atoms with Crippen LogP contribution in [-0.2, 0) is 6.42 Å². The first-order valence-corrected chi connectivity index (χ1v) is 6.10. The summed E-state index contributed by atoms with van der Waals surface area (Å²) in [5.41, 5.74) is 6.17. The van der Waals surface area contributed by atoms with Gasteiger partial charge in [0, 0.05) is 16.7 Å². The Morgan fingerprint density at radius 1 is 1.11 bits per heavy atom. The zero-order chi connectivity index (χ0) is 13.8. The highest BCUT2D eigenvalue weighted by molar-refractivity contribution is 6.31. The SMILES string of the molecule is NCCc1c(Cl)cccc1Oc1cc(F)ccc1F. The Labute approximate surface area is 114 Å². The molecule has 0 saturated carbocycles. The van der Waals surface area contributed by atoms with Crippen molar-refractivity contribution in [2.45, 2.75) is 6.42 Å². The number of hydrogen-bond acceptors (Lipinski definition) is 2. The summed E-state index contributed by atoms with van der Waals surface area (Å²) in [5.74, 6) is -1.01. The van der Waals surface area contributed by atoms with Crippen LogP contribution in [0.1, 0.15) is 5.56 Å². The van der Waals surface area contributed by atoms with Gasteiger partial charge in [0.2, 0.25) is 0 Å². The van der Waals surface area contributed by atoms with Gasteiger partial charge in [-0.15, -0.1) is 0 Å². The summed E-state index contributed by atoms with van der Waals surface area (Å²) in [6.07, 6.45) is 0.492. The Balaban J connectivity index is 2.37. The minimum atomic E-state index is -0.639. The van der Waals surface area contributed by atoms with Gasteiger partial charge in [-0.1, -0.05) is 17.7 Å². The van der Waals surface area contributed by atoms with Crippen molar-refractivity contribution in [1.29, 1.82) is 0 Å². The molecule has 0 saturated heterocycles. The van der Waals surface area contributed by atoms with Crippen molar-refractivity contribution in [2.24, 2.45) is 5.73 Å². The van der Waals surface area contributed by atoms with Crippen molar-refractivity contribution in [1.82, 2.24) is 0 Å². The highest BCUT2D eigenvalue weighted by Gasteiger charge is 2.11. The average Bonchev–Trinajstić information content (AvgIpc) is 2.38. The number of halogens is 3. The Bertz CT molecular complexity index is 590. The molecule has 2 nitrogen and oxygen atoms in total. The summed E-state index contributed by atoms with van der Waals surface area (Å²) in [4.78, 5) is 0. The number of ether oxygens (including phenoxy) is 1. The maximum atomic E-state index is 13.5. The highest BCUT2D eigenvalue weighted by Crippen LogP contribution is 2.32. The van der Waals surface area contributed by atoms with Crippen LogP contribution in [0, 0.1) is 11.6 Å². The molecule has 0 aromatic heterocycles. The van der Waals surface area contributed by atoms with E-state index in [4.69, 9.17) is 22.1 Å². The molecule has 2 aromatic carbocycles. The molecule has 0 spiro atoms. The largest absolute Gasteiger partial charge is 0.454 e. The van der Waals surface area contributed by atoms with Gasteiger partial charge in [0.15, 0.2) is 11.6 Å². The van der Waals surface area contributed by atoms with Gasteiger partial charge >= 0.3 is 0 Å². The molecule has 0 amide bonds. The molecule has 19 heavy (non-hydrogen) atoms. The second kappa shape index (κ2) is 5.99. The summed E-state index contributed by atoms with van der Waals surface area (Å²) >= 11 is 6.04. The van der Waals surface area contributed by atoms with E-state index in [-0.39, 0.29) is 5.75 Å². The third-order valence-electron chi connectivity index (χ3n) is 2.58. The molecule has 2 rings (SSSR count). The Hall–Kier alpha value is -1.65. The lowest BCUT2D eigenvalue weighted by atomic mass is 10.1. The van der Waals surface area contributed by atoms with Crippen LogP contribution in [-0.4, -0.2) is 6.54 Å². The summed E-state index contributed by atoms with van der Waals surface area (Å²) in [6, 6.07) is 8.04. The molecule has 0 unspecified atom stereocenters. The molecule has 0 radical (unpaired) electrons. The van der Waals surface area contributed by atoms with E-state index in [2.05, 4.69) is 0 Å². The van der Waals surface area contributed by atoms with Gasteiger partial charge in [0.05, 0.1) is 0 Å². The molecule has 0 aliphatic rings. The predicted molar refractivity (Wildman–Crippen MR) is 70.6 cm³/mol. The van der Waals surface area contributed by atoms with Crippen LogP contribution in [0.5, 0.6) is 11.5 Å². The van der Waals surface area contributed by atoms with E-state index >= 15 is 0 Å². The number of hydrogen-bond donors (Lipinski definition) is 1. The molecule has 2 aromatic rings. The van der Waals surface area contributed by atoms with Gasteiger partial charge in [-0.05, 0) is 37.2 Å².